The van der Waals surface area contributed by atoms with Gasteiger partial charge in [-0.2, -0.15) is 0 Å². The number of fused-ring (bicyclic) bond motifs is 10. The van der Waals surface area contributed by atoms with E-state index >= 15 is 0 Å². The van der Waals surface area contributed by atoms with Crippen LogP contribution in [0, 0.1) is 0 Å². The van der Waals surface area contributed by atoms with Crippen LogP contribution in [-0.2, 0) is 0 Å². The first-order valence-electron chi connectivity index (χ1n) is 20.3. The van der Waals surface area contributed by atoms with Crippen molar-refractivity contribution in [1.29, 1.82) is 0 Å². The van der Waals surface area contributed by atoms with E-state index in [4.69, 9.17) is 23.8 Å². The molecule has 0 unspecified atom stereocenters. The lowest BCUT2D eigenvalue weighted by atomic mass is 9.93. The van der Waals surface area contributed by atoms with Crippen molar-refractivity contribution in [3.63, 3.8) is 0 Å². The molecule has 0 fully saturated rings. The predicted molar refractivity (Wildman–Crippen MR) is 252 cm³/mol. The second-order valence-electron chi connectivity index (χ2n) is 15.5. The van der Waals surface area contributed by atoms with Crippen LogP contribution in [0.3, 0.4) is 0 Å². The van der Waals surface area contributed by atoms with E-state index in [-0.39, 0.29) is 0 Å². The molecule has 0 saturated heterocycles. The summed E-state index contributed by atoms with van der Waals surface area (Å²) >= 11 is 1.83. The molecule has 0 aliphatic rings. The molecule has 5 nitrogen and oxygen atoms in total. The van der Waals surface area contributed by atoms with E-state index in [0.29, 0.717) is 17.5 Å². The Labute approximate surface area is 352 Å². The molecule has 0 radical (unpaired) electrons. The highest BCUT2D eigenvalue weighted by atomic mass is 32.1. The zero-order chi connectivity index (χ0) is 40.0. The van der Waals surface area contributed by atoms with E-state index in [1.807, 2.05) is 59.9 Å². The molecule has 0 spiro atoms. The summed E-state index contributed by atoms with van der Waals surface area (Å²) in [5, 5.41) is 8.97. The van der Waals surface area contributed by atoms with E-state index < -0.39 is 0 Å². The van der Waals surface area contributed by atoms with Gasteiger partial charge in [0, 0.05) is 64.0 Å². The Balaban J connectivity index is 1.00. The monoisotopic (exact) mass is 797 g/mol. The Bertz CT molecular complexity index is 3900. The molecule has 0 atom stereocenters. The van der Waals surface area contributed by atoms with Crippen molar-refractivity contribution in [3.8, 4) is 56.4 Å². The zero-order valence-corrected chi connectivity index (χ0v) is 33.3. The van der Waals surface area contributed by atoms with Gasteiger partial charge in [-0.3, -0.25) is 0 Å². The molecule has 0 N–H and O–H groups in total. The van der Waals surface area contributed by atoms with Crippen LogP contribution in [0.2, 0.25) is 0 Å². The van der Waals surface area contributed by atoms with Crippen LogP contribution in [-0.4, -0.2) is 15.0 Å². The number of aromatic nitrogens is 3. The molecule has 13 rings (SSSR count). The fourth-order valence-corrected chi connectivity index (χ4v) is 10.2. The highest BCUT2D eigenvalue weighted by molar-refractivity contribution is 7.25. The van der Waals surface area contributed by atoms with Gasteiger partial charge < -0.3 is 8.83 Å². The van der Waals surface area contributed by atoms with Crippen LogP contribution in [0.25, 0.3) is 131 Å². The van der Waals surface area contributed by atoms with Crippen LogP contribution < -0.4 is 0 Å². The molecule has 0 bridgehead atoms. The SMILES string of the molecule is c1ccc(-c2nc(-c3ccc4ccccc4c3)nc(-c3cccc4oc5ccc(-c6ccc(-c7ccc8c(c7)sc7ccccc78)c7oc8ccccc8c67)cc5c34)n2)cc1. The van der Waals surface area contributed by atoms with Crippen LogP contribution in [0.1, 0.15) is 0 Å². The number of rotatable bonds is 5. The van der Waals surface area contributed by atoms with Gasteiger partial charge in [0.25, 0.3) is 0 Å². The lowest BCUT2D eigenvalue weighted by Gasteiger charge is -2.10. The zero-order valence-electron chi connectivity index (χ0n) is 32.5. The number of thiophene rings is 1. The second kappa shape index (κ2) is 13.3. The Morgan fingerprint density at radius 1 is 0.328 bits per heavy atom. The van der Waals surface area contributed by atoms with E-state index in [2.05, 4.69) is 140 Å². The first-order valence-corrected chi connectivity index (χ1v) is 21.1. The van der Waals surface area contributed by atoms with Crippen molar-refractivity contribution in [2.75, 3.05) is 0 Å². The van der Waals surface area contributed by atoms with E-state index in [9.17, 15) is 0 Å². The van der Waals surface area contributed by atoms with Crippen LogP contribution >= 0.6 is 11.3 Å². The maximum absolute atomic E-state index is 6.77. The second-order valence-corrected chi connectivity index (χ2v) is 16.6. The molecule has 0 aliphatic heterocycles. The maximum Gasteiger partial charge on any atom is 0.164 e. The molecule has 4 aromatic heterocycles. The van der Waals surface area contributed by atoms with Gasteiger partial charge in [-0.25, -0.2) is 15.0 Å². The Kier molecular flexibility index (Phi) is 7.41. The van der Waals surface area contributed by atoms with Gasteiger partial charge in [0.05, 0.1) is 0 Å². The lowest BCUT2D eigenvalue weighted by Crippen LogP contribution is -2.00. The molecule has 4 heterocycles. The van der Waals surface area contributed by atoms with Crippen molar-refractivity contribution in [3.05, 3.63) is 188 Å². The van der Waals surface area contributed by atoms with Crippen molar-refractivity contribution in [1.82, 2.24) is 15.0 Å². The quantitative estimate of drug-likeness (QED) is 0.174. The van der Waals surface area contributed by atoms with E-state index in [0.717, 1.165) is 88.2 Å². The third kappa shape index (κ3) is 5.43. The smallest absolute Gasteiger partial charge is 0.164 e. The van der Waals surface area contributed by atoms with Crippen molar-refractivity contribution in [2.24, 2.45) is 0 Å². The summed E-state index contributed by atoms with van der Waals surface area (Å²) in [6.45, 7) is 0. The summed E-state index contributed by atoms with van der Waals surface area (Å²) in [5.74, 6) is 1.81. The Morgan fingerprint density at radius 3 is 1.92 bits per heavy atom. The summed E-state index contributed by atoms with van der Waals surface area (Å²) in [7, 11) is 0. The molecule has 6 heteroatoms. The molecule has 13 aromatic rings. The summed E-state index contributed by atoms with van der Waals surface area (Å²) in [5.41, 5.74) is 10.4. The molecule has 0 amide bonds. The minimum atomic E-state index is 0.582. The molecule has 9 aromatic carbocycles. The predicted octanol–water partition coefficient (Wildman–Crippen LogP) is 15.5. The van der Waals surface area contributed by atoms with E-state index in [1.54, 1.807) is 0 Å². The fourth-order valence-electron chi connectivity index (χ4n) is 9.04. The lowest BCUT2D eigenvalue weighted by molar-refractivity contribution is 0.669. The number of benzene rings is 9. The molecule has 61 heavy (non-hydrogen) atoms. The van der Waals surface area contributed by atoms with Gasteiger partial charge in [0.15, 0.2) is 17.5 Å². The minimum Gasteiger partial charge on any atom is -0.456 e. The average Bonchev–Trinajstić information content (AvgIpc) is 4.02. The third-order valence-corrected chi connectivity index (χ3v) is 13.1. The normalized spacial score (nSPS) is 11.9. The molecule has 0 aliphatic carbocycles. The minimum absolute atomic E-state index is 0.582. The number of hydrogen-bond donors (Lipinski definition) is 0. The molecular formula is C55H31N3O2S. The number of furan rings is 2. The van der Waals surface area contributed by atoms with Crippen molar-refractivity contribution in [2.45, 2.75) is 0 Å². The highest BCUT2D eigenvalue weighted by Gasteiger charge is 2.21. The van der Waals surface area contributed by atoms with Crippen molar-refractivity contribution < 1.29 is 8.83 Å². The largest absolute Gasteiger partial charge is 0.456 e. The van der Waals surface area contributed by atoms with Crippen LogP contribution in [0.4, 0.5) is 0 Å². The topological polar surface area (TPSA) is 65.0 Å². The number of hydrogen-bond acceptors (Lipinski definition) is 6. The summed E-state index contributed by atoms with van der Waals surface area (Å²) in [6, 6.07) is 65.6. The van der Waals surface area contributed by atoms with E-state index in [1.165, 1.54) is 25.6 Å². The first kappa shape index (κ1) is 34.0. The molecule has 0 saturated carbocycles. The standard InChI is InChI=1S/C55H31N3O2S/c1-2-12-33(13-3-1)53-56-54(37-22-21-32-11-4-5-14-34(32)29-37)58-55(57-53)43-17-10-19-47-50(43)44-30-35(24-28-46(44)59-47)38-26-27-39(52-51(38)42-16-6-8-18-45(42)60-52)36-23-25-41-40-15-7-9-20-48(40)61-49(41)31-36/h1-31H. The first-order chi connectivity index (χ1) is 30.2. The fraction of sp³-hybridized carbons (Fsp3) is 0. The average molecular weight is 798 g/mol. The van der Waals surface area contributed by atoms with Gasteiger partial charge in [-0.15, -0.1) is 11.3 Å². The van der Waals surface area contributed by atoms with Gasteiger partial charge in [-0.1, -0.05) is 140 Å². The van der Waals surface area contributed by atoms with Gasteiger partial charge >= 0.3 is 0 Å². The summed E-state index contributed by atoms with van der Waals surface area (Å²) < 4.78 is 15.9. The number of para-hydroxylation sites is 1. The Hall–Kier alpha value is -7.93. The maximum atomic E-state index is 6.77. The number of nitrogens with zero attached hydrogens (tertiary/aromatic N) is 3. The molecular weight excluding hydrogens is 767 g/mol. The molecule has 284 valence electrons. The van der Waals surface area contributed by atoms with Gasteiger partial charge in [-0.05, 0) is 76.0 Å². The highest BCUT2D eigenvalue weighted by Crippen LogP contribution is 2.45. The Morgan fingerprint density at radius 2 is 1.00 bits per heavy atom. The van der Waals surface area contributed by atoms with Crippen molar-refractivity contribution >= 4 is 86.2 Å². The summed E-state index contributed by atoms with van der Waals surface area (Å²) in [4.78, 5) is 15.4. The van der Waals surface area contributed by atoms with Gasteiger partial charge in [0.2, 0.25) is 0 Å². The third-order valence-electron chi connectivity index (χ3n) is 11.9. The van der Waals surface area contributed by atoms with Crippen LogP contribution in [0.15, 0.2) is 197 Å². The summed E-state index contributed by atoms with van der Waals surface area (Å²) in [6.07, 6.45) is 0. The van der Waals surface area contributed by atoms with Crippen LogP contribution in [0.5, 0.6) is 0 Å². The van der Waals surface area contributed by atoms with Gasteiger partial charge in [0.1, 0.15) is 22.3 Å².